The van der Waals surface area contributed by atoms with Gasteiger partial charge in [-0.15, -0.1) is 0 Å². The van der Waals surface area contributed by atoms with Crippen molar-refractivity contribution in [2.45, 2.75) is 18.9 Å². The average Bonchev–Trinajstić information content (AvgIpc) is 3.10. The molecule has 1 atom stereocenters. The molecular weight excluding hydrogens is 192 g/mol. The summed E-state index contributed by atoms with van der Waals surface area (Å²) in [4.78, 5) is 8.27. The number of aliphatic hydroxyl groups is 1. The molecule has 0 spiro atoms. The topological polar surface area (TPSA) is 70.1 Å². The SMILES string of the molecule is CNc1cncc(NCC(O)C2CC2)n1. The molecule has 0 bridgehead atoms. The summed E-state index contributed by atoms with van der Waals surface area (Å²) in [6.07, 6.45) is 5.34. The fourth-order valence-electron chi connectivity index (χ4n) is 1.43. The lowest BCUT2D eigenvalue weighted by Crippen LogP contribution is -2.21. The van der Waals surface area contributed by atoms with Crippen LogP contribution in [0, 0.1) is 5.92 Å². The van der Waals surface area contributed by atoms with Crippen LogP contribution in [0.4, 0.5) is 11.6 Å². The van der Waals surface area contributed by atoms with Gasteiger partial charge in [0.2, 0.25) is 0 Å². The van der Waals surface area contributed by atoms with Gasteiger partial charge in [-0.05, 0) is 18.8 Å². The van der Waals surface area contributed by atoms with E-state index >= 15 is 0 Å². The quantitative estimate of drug-likeness (QED) is 0.664. The largest absolute Gasteiger partial charge is 0.391 e. The van der Waals surface area contributed by atoms with Crippen molar-refractivity contribution in [1.29, 1.82) is 0 Å². The molecule has 2 rings (SSSR count). The zero-order chi connectivity index (χ0) is 10.7. The molecule has 1 aromatic rings. The van der Waals surface area contributed by atoms with Gasteiger partial charge >= 0.3 is 0 Å². The van der Waals surface area contributed by atoms with E-state index in [0.29, 0.717) is 18.3 Å². The van der Waals surface area contributed by atoms with Crippen LogP contribution in [0.1, 0.15) is 12.8 Å². The molecule has 1 aliphatic carbocycles. The maximum Gasteiger partial charge on any atom is 0.147 e. The van der Waals surface area contributed by atoms with E-state index in [0.717, 1.165) is 18.7 Å². The standard InChI is InChI=1S/C10H16N4O/c1-11-9-5-12-6-10(14-9)13-4-8(15)7-2-3-7/h5-8,15H,2-4H2,1H3,(H2,11,13,14). The normalized spacial score (nSPS) is 17.2. The summed E-state index contributed by atoms with van der Waals surface area (Å²) in [6, 6.07) is 0. The van der Waals surface area contributed by atoms with Gasteiger partial charge in [-0.2, -0.15) is 0 Å². The zero-order valence-corrected chi connectivity index (χ0v) is 8.77. The minimum absolute atomic E-state index is 0.259. The molecule has 82 valence electrons. The molecule has 0 amide bonds. The number of hydrogen-bond acceptors (Lipinski definition) is 5. The van der Waals surface area contributed by atoms with E-state index in [2.05, 4.69) is 20.6 Å². The Hall–Kier alpha value is -1.36. The molecule has 5 heteroatoms. The number of nitrogens with one attached hydrogen (secondary N) is 2. The van der Waals surface area contributed by atoms with Crippen molar-refractivity contribution >= 4 is 11.6 Å². The Labute approximate surface area is 88.9 Å². The minimum atomic E-state index is -0.259. The summed E-state index contributed by atoms with van der Waals surface area (Å²) in [5.74, 6) is 1.90. The number of aromatic nitrogens is 2. The van der Waals surface area contributed by atoms with Crippen molar-refractivity contribution in [3.8, 4) is 0 Å². The number of hydrogen-bond donors (Lipinski definition) is 3. The first-order valence-electron chi connectivity index (χ1n) is 5.21. The Balaban J connectivity index is 1.86. The lowest BCUT2D eigenvalue weighted by atomic mass is 10.2. The van der Waals surface area contributed by atoms with Crippen LogP contribution in [0.25, 0.3) is 0 Å². The van der Waals surface area contributed by atoms with Crippen LogP contribution < -0.4 is 10.6 Å². The van der Waals surface area contributed by atoms with Crippen LogP contribution in [-0.4, -0.2) is 34.8 Å². The second kappa shape index (κ2) is 4.44. The van der Waals surface area contributed by atoms with Gasteiger partial charge in [0, 0.05) is 13.6 Å². The predicted molar refractivity (Wildman–Crippen MR) is 58.8 cm³/mol. The first-order chi connectivity index (χ1) is 7.29. The first kappa shape index (κ1) is 10.2. The second-order valence-corrected chi connectivity index (χ2v) is 3.83. The van der Waals surface area contributed by atoms with Gasteiger partial charge in [0.25, 0.3) is 0 Å². The van der Waals surface area contributed by atoms with E-state index in [-0.39, 0.29) is 6.10 Å². The molecule has 1 unspecified atom stereocenters. The Kier molecular flexibility index (Phi) is 3.01. The number of anilines is 2. The zero-order valence-electron chi connectivity index (χ0n) is 8.77. The van der Waals surface area contributed by atoms with Gasteiger partial charge in [-0.25, -0.2) is 4.98 Å². The van der Waals surface area contributed by atoms with Gasteiger partial charge in [-0.1, -0.05) is 0 Å². The Bertz CT molecular complexity index is 327. The third-order valence-electron chi connectivity index (χ3n) is 2.55. The smallest absolute Gasteiger partial charge is 0.147 e. The van der Waals surface area contributed by atoms with Crippen LogP contribution in [0.5, 0.6) is 0 Å². The first-order valence-corrected chi connectivity index (χ1v) is 5.21. The van der Waals surface area contributed by atoms with E-state index < -0.39 is 0 Å². The second-order valence-electron chi connectivity index (χ2n) is 3.83. The van der Waals surface area contributed by atoms with Crippen LogP contribution in [0.3, 0.4) is 0 Å². The highest BCUT2D eigenvalue weighted by Crippen LogP contribution is 2.32. The predicted octanol–water partition coefficient (Wildman–Crippen LogP) is 0.701. The van der Waals surface area contributed by atoms with Crippen LogP contribution in [0.15, 0.2) is 12.4 Å². The van der Waals surface area contributed by atoms with Gasteiger partial charge < -0.3 is 15.7 Å². The van der Waals surface area contributed by atoms with Crippen molar-refractivity contribution in [3.05, 3.63) is 12.4 Å². The Morgan fingerprint density at radius 2 is 2.20 bits per heavy atom. The molecule has 3 N–H and O–H groups in total. The van der Waals surface area contributed by atoms with Crippen molar-refractivity contribution < 1.29 is 5.11 Å². The fraction of sp³-hybridized carbons (Fsp3) is 0.600. The molecule has 1 heterocycles. The number of nitrogens with zero attached hydrogens (tertiary/aromatic N) is 2. The number of rotatable bonds is 5. The van der Waals surface area contributed by atoms with E-state index in [1.54, 1.807) is 19.4 Å². The van der Waals surface area contributed by atoms with E-state index in [1.165, 1.54) is 0 Å². The average molecular weight is 208 g/mol. The summed E-state index contributed by atoms with van der Waals surface area (Å²) < 4.78 is 0. The summed E-state index contributed by atoms with van der Waals surface area (Å²) in [6.45, 7) is 0.548. The highest BCUT2D eigenvalue weighted by molar-refractivity contribution is 5.41. The summed E-state index contributed by atoms with van der Waals surface area (Å²) >= 11 is 0. The van der Waals surface area contributed by atoms with Gasteiger partial charge in [0.1, 0.15) is 11.6 Å². The van der Waals surface area contributed by atoms with Crippen molar-refractivity contribution in [2.24, 2.45) is 5.92 Å². The van der Waals surface area contributed by atoms with Gasteiger partial charge in [-0.3, -0.25) is 4.98 Å². The molecule has 1 saturated carbocycles. The van der Waals surface area contributed by atoms with Gasteiger partial charge in [0.15, 0.2) is 0 Å². The van der Waals surface area contributed by atoms with Crippen molar-refractivity contribution in [3.63, 3.8) is 0 Å². The molecule has 0 radical (unpaired) electrons. The van der Waals surface area contributed by atoms with E-state index in [4.69, 9.17) is 0 Å². The Morgan fingerprint density at radius 1 is 1.47 bits per heavy atom. The molecule has 5 nitrogen and oxygen atoms in total. The monoisotopic (exact) mass is 208 g/mol. The highest BCUT2D eigenvalue weighted by Gasteiger charge is 2.29. The molecule has 1 aliphatic rings. The lowest BCUT2D eigenvalue weighted by Gasteiger charge is -2.11. The summed E-state index contributed by atoms with van der Waals surface area (Å²) in [5, 5.41) is 15.6. The summed E-state index contributed by atoms with van der Waals surface area (Å²) in [7, 11) is 1.80. The van der Waals surface area contributed by atoms with Crippen LogP contribution >= 0.6 is 0 Å². The molecule has 0 aliphatic heterocycles. The van der Waals surface area contributed by atoms with Crippen LogP contribution in [0.2, 0.25) is 0 Å². The van der Waals surface area contributed by atoms with E-state index in [1.807, 2.05) is 0 Å². The van der Waals surface area contributed by atoms with Crippen molar-refractivity contribution in [2.75, 3.05) is 24.2 Å². The molecule has 1 aromatic heterocycles. The molecule has 1 fully saturated rings. The third-order valence-corrected chi connectivity index (χ3v) is 2.55. The van der Waals surface area contributed by atoms with E-state index in [9.17, 15) is 5.11 Å². The van der Waals surface area contributed by atoms with Gasteiger partial charge in [0.05, 0.1) is 18.5 Å². The molecule has 0 aromatic carbocycles. The third kappa shape index (κ3) is 2.79. The lowest BCUT2D eigenvalue weighted by molar-refractivity contribution is 0.164. The maximum atomic E-state index is 9.65. The fourth-order valence-corrected chi connectivity index (χ4v) is 1.43. The van der Waals surface area contributed by atoms with Crippen molar-refractivity contribution in [1.82, 2.24) is 9.97 Å². The highest BCUT2D eigenvalue weighted by atomic mass is 16.3. The number of aliphatic hydroxyl groups excluding tert-OH is 1. The minimum Gasteiger partial charge on any atom is -0.391 e. The van der Waals surface area contributed by atoms with Crippen LogP contribution in [-0.2, 0) is 0 Å². The molecule has 15 heavy (non-hydrogen) atoms. The Morgan fingerprint density at radius 3 is 2.87 bits per heavy atom. The summed E-state index contributed by atoms with van der Waals surface area (Å²) in [5.41, 5.74) is 0. The molecule has 0 saturated heterocycles. The maximum absolute atomic E-state index is 9.65. The molecular formula is C10H16N4O.